The van der Waals surface area contributed by atoms with Crippen molar-refractivity contribution in [3.8, 4) is 0 Å². The molecule has 19 heavy (non-hydrogen) atoms. The molecule has 0 aliphatic rings. The Labute approximate surface area is 126 Å². The van der Waals surface area contributed by atoms with Gasteiger partial charge in [-0.05, 0) is 49.1 Å². The van der Waals surface area contributed by atoms with Gasteiger partial charge in [-0.15, -0.1) is 0 Å². The van der Waals surface area contributed by atoms with Crippen molar-refractivity contribution in [2.45, 2.75) is 32.7 Å². The highest BCUT2D eigenvalue weighted by Gasteiger charge is 2.17. The highest BCUT2D eigenvalue weighted by Crippen LogP contribution is 2.30. The summed E-state index contributed by atoms with van der Waals surface area (Å²) in [6.45, 7) is 6.06. The molecule has 108 valence electrons. The summed E-state index contributed by atoms with van der Waals surface area (Å²) in [6, 6.07) is 5.86. The quantitative estimate of drug-likeness (QED) is 0.751. The van der Waals surface area contributed by atoms with Crippen LogP contribution in [-0.2, 0) is 4.74 Å². The van der Waals surface area contributed by atoms with Crippen LogP contribution in [0.2, 0.25) is 10.0 Å². The van der Waals surface area contributed by atoms with Crippen LogP contribution in [0.5, 0.6) is 0 Å². The highest BCUT2D eigenvalue weighted by molar-refractivity contribution is 6.33. The topological polar surface area (TPSA) is 21.3 Å². The van der Waals surface area contributed by atoms with Crippen molar-refractivity contribution in [1.82, 2.24) is 5.32 Å². The maximum Gasteiger partial charge on any atom is 0.0488 e. The van der Waals surface area contributed by atoms with Crippen LogP contribution in [-0.4, -0.2) is 20.3 Å². The summed E-state index contributed by atoms with van der Waals surface area (Å²) in [6.07, 6.45) is 2.07. The van der Waals surface area contributed by atoms with E-state index in [0.717, 1.165) is 41.6 Å². The van der Waals surface area contributed by atoms with E-state index in [1.807, 2.05) is 18.2 Å². The van der Waals surface area contributed by atoms with Gasteiger partial charge in [0.25, 0.3) is 0 Å². The van der Waals surface area contributed by atoms with Gasteiger partial charge < -0.3 is 10.1 Å². The number of hydrogen-bond donors (Lipinski definition) is 1. The maximum absolute atomic E-state index is 6.30. The molecule has 2 unspecified atom stereocenters. The number of methoxy groups -OCH3 is 1. The predicted molar refractivity (Wildman–Crippen MR) is 83.2 cm³/mol. The van der Waals surface area contributed by atoms with Gasteiger partial charge in [0.05, 0.1) is 0 Å². The largest absolute Gasteiger partial charge is 0.384 e. The lowest BCUT2D eigenvalue weighted by atomic mass is 9.96. The minimum Gasteiger partial charge on any atom is -0.384 e. The first-order valence-corrected chi connectivity index (χ1v) is 7.51. The molecule has 0 spiro atoms. The fourth-order valence-electron chi connectivity index (χ4n) is 2.18. The lowest BCUT2D eigenvalue weighted by Gasteiger charge is -2.23. The molecule has 2 nitrogen and oxygen atoms in total. The number of benzene rings is 1. The summed E-state index contributed by atoms with van der Waals surface area (Å²) >= 11 is 12.4. The normalized spacial score (nSPS) is 14.4. The van der Waals surface area contributed by atoms with Gasteiger partial charge in [0.2, 0.25) is 0 Å². The predicted octanol–water partition coefficient (Wildman–Crippen LogP) is 4.71. The lowest BCUT2D eigenvalue weighted by Crippen LogP contribution is -2.25. The Morgan fingerprint density at radius 3 is 2.68 bits per heavy atom. The molecule has 0 radical (unpaired) electrons. The first-order chi connectivity index (χ1) is 9.08. The summed E-state index contributed by atoms with van der Waals surface area (Å²) in [5.41, 5.74) is 1.07. The van der Waals surface area contributed by atoms with E-state index in [2.05, 4.69) is 19.2 Å². The van der Waals surface area contributed by atoms with Gasteiger partial charge in [-0.3, -0.25) is 0 Å². The van der Waals surface area contributed by atoms with Crippen LogP contribution in [0.1, 0.15) is 38.3 Å². The van der Waals surface area contributed by atoms with Crippen molar-refractivity contribution < 1.29 is 4.74 Å². The second kappa shape index (κ2) is 8.80. The Hall–Kier alpha value is -0.280. The smallest absolute Gasteiger partial charge is 0.0488 e. The van der Waals surface area contributed by atoms with E-state index < -0.39 is 0 Å². The molecule has 0 aliphatic heterocycles. The molecular weight excluding hydrogens is 281 g/mol. The SMILES string of the molecule is CCCNC(CC(C)COC)c1cc(Cl)ccc1Cl. The third-order valence-corrected chi connectivity index (χ3v) is 3.64. The lowest BCUT2D eigenvalue weighted by molar-refractivity contribution is 0.149. The molecule has 0 bridgehead atoms. The standard InChI is InChI=1S/C15H23Cl2NO/c1-4-7-18-15(8-11(2)10-19-3)13-9-12(16)5-6-14(13)17/h5-6,9,11,15,18H,4,7-8,10H2,1-3H3. The van der Waals surface area contributed by atoms with Crippen LogP contribution in [0.15, 0.2) is 18.2 Å². The monoisotopic (exact) mass is 303 g/mol. The van der Waals surface area contributed by atoms with Gasteiger partial charge in [0.1, 0.15) is 0 Å². The molecule has 1 N–H and O–H groups in total. The number of halogens is 2. The second-order valence-corrected chi connectivity index (χ2v) is 5.81. The van der Waals surface area contributed by atoms with Crippen LogP contribution in [0.3, 0.4) is 0 Å². The Kier molecular flexibility index (Phi) is 7.77. The summed E-state index contributed by atoms with van der Waals surface area (Å²) in [7, 11) is 1.73. The summed E-state index contributed by atoms with van der Waals surface area (Å²) in [4.78, 5) is 0. The van der Waals surface area contributed by atoms with E-state index in [1.165, 1.54) is 0 Å². The number of nitrogens with one attached hydrogen (secondary N) is 1. The zero-order valence-electron chi connectivity index (χ0n) is 11.9. The zero-order valence-corrected chi connectivity index (χ0v) is 13.4. The Morgan fingerprint density at radius 2 is 2.05 bits per heavy atom. The zero-order chi connectivity index (χ0) is 14.3. The third kappa shape index (κ3) is 5.70. The molecule has 0 aliphatic carbocycles. The minimum absolute atomic E-state index is 0.219. The van der Waals surface area contributed by atoms with E-state index in [0.29, 0.717) is 5.92 Å². The first-order valence-electron chi connectivity index (χ1n) is 6.75. The fraction of sp³-hybridized carbons (Fsp3) is 0.600. The van der Waals surface area contributed by atoms with E-state index in [-0.39, 0.29) is 6.04 Å². The van der Waals surface area contributed by atoms with Gasteiger partial charge >= 0.3 is 0 Å². The molecule has 1 aromatic rings. The molecule has 0 fully saturated rings. The Balaban J connectivity index is 2.85. The van der Waals surface area contributed by atoms with Crippen molar-refractivity contribution in [3.63, 3.8) is 0 Å². The van der Waals surface area contributed by atoms with E-state index in [1.54, 1.807) is 7.11 Å². The summed E-state index contributed by atoms with van der Waals surface area (Å²) in [5, 5.41) is 5.03. The molecule has 0 heterocycles. The van der Waals surface area contributed by atoms with Crippen LogP contribution < -0.4 is 5.32 Å². The highest BCUT2D eigenvalue weighted by atomic mass is 35.5. The number of ether oxygens (including phenoxy) is 1. The van der Waals surface area contributed by atoms with Crippen molar-refractivity contribution in [3.05, 3.63) is 33.8 Å². The molecule has 0 saturated heterocycles. The van der Waals surface area contributed by atoms with Crippen molar-refractivity contribution in [1.29, 1.82) is 0 Å². The molecule has 1 rings (SSSR count). The fourth-order valence-corrected chi connectivity index (χ4v) is 2.61. The second-order valence-electron chi connectivity index (χ2n) is 4.97. The molecule has 0 aromatic heterocycles. The molecular formula is C15H23Cl2NO. The average molecular weight is 304 g/mol. The molecule has 0 amide bonds. The molecule has 1 aromatic carbocycles. The molecule has 0 saturated carbocycles. The Bertz CT molecular complexity index is 384. The van der Waals surface area contributed by atoms with Crippen molar-refractivity contribution in [2.24, 2.45) is 5.92 Å². The Morgan fingerprint density at radius 1 is 1.32 bits per heavy atom. The minimum atomic E-state index is 0.219. The average Bonchev–Trinajstić information content (AvgIpc) is 2.38. The molecule has 2 atom stereocenters. The first kappa shape index (κ1) is 16.8. The number of hydrogen-bond acceptors (Lipinski definition) is 2. The van der Waals surface area contributed by atoms with Gasteiger partial charge in [-0.25, -0.2) is 0 Å². The van der Waals surface area contributed by atoms with Crippen molar-refractivity contribution >= 4 is 23.2 Å². The van der Waals surface area contributed by atoms with Crippen LogP contribution in [0, 0.1) is 5.92 Å². The van der Waals surface area contributed by atoms with Gasteiger partial charge in [-0.1, -0.05) is 37.0 Å². The van der Waals surface area contributed by atoms with Crippen LogP contribution in [0.4, 0.5) is 0 Å². The van der Waals surface area contributed by atoms with Gasteiger partial charge in [0.15, 0.2) is 0 Å². The van der Waals surface area contributed by atoms with Gasteiger partial charge in [-0.2, -0.15) is 0 Å². The third-order valence-electron chi connectivity index (χ3n) is 3.06. The summed E-state index contributed by atoms with van der Waals surface area (Å²) < 4.78 is 5.21. The van der Waals surface area contributed by atoms with E-state index >= 15 is 0 Å². The summed E-state index contributed by atoms with van der Waals surface area (Å²) in [5.74, 6) is 0.467. The number of rotatable bonds is 8. The van der Waals surface area contributed by atoms with E-state index in [9.17, 15) is 0 Å². The van der Waals surface area contributed by atoms with Gasteiger partial charge in [0, 0.05) is 29.8 Å². The van der Waals surface area contributed by atoms with E-state index in [4.69, 9.17) is 27.9 Å². The van der Waals surface area contributed by atoms with Crippen LogP contribution in [0.25, 0.3) is 0 Å². The maximum atomic E-state index is 6.30. The molecule has 4 heteroatoms. The van der Waals surface area contributed by atoms with Crippen LogP contribution >= 0.6 is 23.2 Å². The van der Waals surface area contributed by atoms with Crippen molar-refractivity contribution in [2.75, 3.05) is 20.3 Å².